The highest BCUT2D eigenvalue weighted by Crippen LogP contribution is 2.30. The lowest BCUT2D eigenvalue weighted by Gasteiger charge is -2.14. The molecule has 0 aliphatic heterocycles. The van der Waals surface area contributed by atoms with Crippen LogP contribution in [0, 0.1) is 11.6 Å². The van der Waals surface area contributed by atoms with E-state index in [9.17, 15) is 8.78 Å². The first-order valence-corrected chi connectivity index (χ1v) is 6.71. The minimum atomic E-state index is -0.774. The number of benzene rings is 2. The van der Waals surface area contributed by atoms with Gasteiger partial charge in [0.2, 0.25) is 0 Å². The van der Waals surface area contributed by atoms with E-state index in [1.807, 2.05) is 6.92 Å². The SMILES string of the molecule is CCOc1ccccc1Nc1c(F)cc(C(N)=S)cc1F. The van der Waals surface area contributed by atoms with E-state index >= 15 is 0 Å². The second kappa shape index (κ2) is 6.49. The summed E-state index contributed by atoms with van der Waals surface area (Å²) in [5.74, 6) is -1.04. The summed E-state index contributed by atoms with van der Waals surface area (Å²) >= 11 is 4.71. The lowest BCUT2D eigenvalue weighted by molar-refractivity contribution is 0.342. The molecule has 2 aromatic rings. The Morgan fingerprint density at radius 1 is 1.24 bits per heavy atom. The Morgan fingerprint density at radius 3 is 2.43 bits per heavy atom. The Balaban J connectivity index is 2.38. The van der Waals surface area contributed by atoms with Gasteiger partial charge in [-0.2, -0.15) is 0 Å². The number of nitrogens with two attached hydrogens (primary N) is 1. The molecule has 6 heteroatoms. The zero-order chi connectivity index (χ0) is 15.4. The minimum Gasteiger partial charge on any atom is -0.492 e. The normalized spacial score (nSPS) is 10.2. The Kier molecular flexibility index (Phi) is 4.70. The number of hydrogen-bond donors (Lipinski definition) is 2. The van der Waals surface area contributed by atoms with Crippen LogP contribution in [0.25, 0.3) is 0 Å². The van der Waals surface area contributed by atoms with E-state index < -0.39 is 11.6 Å². The molecule has 0 saturated carbocycles. The van der Waals surface area contributed by atoms with Crippen molar-refractivity contribution in [3.05, 3.63) is 53.6 Å². The average molecular weight is 308 g/mol. The van der Waals surface area contributed by atoms with Crippen molar-refractivity contribution in [1.82, 2.24) is 0 Å². The first kappa shape index (κ1) is 15.2. The van der Waals surface area contributed by atoms with Gasteiger partial charge in [0.15, 0.2) is 0 Å². The number of rotatable bonds is 5. The number of halogens is 2. The summed E-state index contributed by atoms with van der Waals surface area (Å²) < 4.78 is 33.4. The molecule has 0 heterocycles. The minimum absolute atomic E-state index is 0.0610. The summed E-state index contributed by atoms with van der Waals surface area (Å²) in [4.78, 5) is -0.0610. The molecule has 0 fully saturated rings. The maximum atomic E-state index is 14.0. The largest absolute Gasteiger partial charge is 0.492 e. The molecule has 0 atom stereocenters. The smallest absolute Gasteiger partial charge is 0.150 e. The van der Waals surface area contributed by atoms with Gasteiger partial charge in [0.05, 0.1) is 12.3 Å². The van der Waals surface area contributed by atoms with Gasteiger partial charge in [0.25, 0.3) is 0 Å². The van der Waals surface area contributed by atoms with E-state index in [1.165, 1.54) is 0 Å². The van der Waals surface area contributed by atoms with Gasteiger partial charge in [-0.25, -0.2) is 8.78 Å². The Morgan fingerprint density at radius 2 is 1.86 bits per heavy atom. The van der Waals surface area contributed by atoms with Gasteiger partial charge in [-0.3, -0.25) is 0 Å². The third-order valence-electron chi connectivity index (χ3n) is 2.77. The molecule has 3 N–H and O–H groups in total. The fraction of sp³-hybridized carbons (Fsp3) is 0.133. The molecular weight excluding hydrogens is 294 g/mol. The molecule has 0 aromatic heterocycles. The molecule has 2 aromatic carbocycles. The van der Waals surface area contributed by atoms with Crippen molar-refractivity contribution in [2.45, 2.75) is 6.92 Å². The summed E-state index contributed by atoms with van der Waals surface area (Å²) in [6.07, 6.45) is 0. The molecule has 0 unspecified atom stereocenters. The number of nitrogens with one attached hydrogen (secondary N) is 1. The molecule has 0 aliphatic carbocycles. The molecule has 0 amide bonds. The van der Waals surface area contributed by atoms with Crippen molar-refractivity contribution < 1.29 is 13.5 Å². The number of ether oxygens (including phenoxy) is 1. The van der Waals surface area contributed by atoms with E-state index in [0.29, 0.717) is 18.0 Å². The predicted octanol–water partition coefficient (Wildman–Crippen LogP) is 3.74. The van der Waals surface area contributed by atoms with Gasteiger partial charge in [0, 0.05) is 5.56 Å². The highest BCUT2D eigenvalue weighted by atomic mass is 32.1. The number of para-hydroxylation sites is 2. The van der Waals surface area contributed by atoms with Crippen molar-refractivity contribution in [3.8, 4) is 5.75 Å². The quantitative estimate of drug-likeness (QED) is 0.826. The number of anilines is 2. The van der Waals surface area contributed by atoms with Crippen LogP contribution in [-0.2, 0) is 0 Å². The lowest BCUT2D eigenvalue weighted by Crippen LogP contribution is -2.11. The van der Waals surface area contributed by atoms with Crippen molar-refractivity contribution >= 4 is 28.6 Å². The molecular formula is C15H14F2N2OS. The van der Waals surface area contributed by atoms with Gasteiger partial charge in [0.1, 0.15) is 28.1 Å². The molecule has 110 valence electrons. The fourth-order valence-electron chi connectivity index (χ4n) is 1.82. The number of thiocarbonyl (C=S) groups is 1. The molecule has 0 aliphatic rings. The van der Waals surface area contributed by atoms with E-state index in [4.69, 9.17) is 22.7 Å². The van der Waals surface area contributed by atoms with Crippen molar-refractivity contribution in [2.24, 2.45) is 5.73 Å². The maximum absolute atomic E-state index is 14.0. The second-order valence-corrected chi connectivity index (χ2v) is 4.67. The molecule has 0 saturated heterocycles. The molecule has 0 bridgehead atoms. The van der Waals surface area contributed by atoms with Gasteiger partial charge in [-0.15, -0.1) is 0 Å². The zero-order valence-corrected chi connectivity index (χ0v) is 12.1. The zero-order valence-electron chi connectivity index (χ0n) is 11.3. The average Bonchev–Trinajstić information content (AvgIpc) is 2.44. The van der Waals surface area contributed by atoms with Crippen molar-refractivity contribution in [2.75, 3.05) is 11.9 Å². The summed E-state index contributed by atoms with van der Waals surface area (Å²) in [6, 6.07) is 9.09. The van der Waals surface area contributed by atoms with E-state index in [-0.39, 0.29) is 16.2 Å². The Hall–Kier alpha value is -2.21. The van der Waals surface area contributed by atoms with Crippen LogP contribution in [0.1, 0.15) is 12.5 Å². The summed E-state index contributed by atoms with van der Waals surface area (Å²) in [5.41, 5.74) is 5.71. The van der Waals surface area contributed by atoms with Crippen LogP contribution < -0.4 is 15.8 Å². The van der Waals surface area contributed by atoms with Crippen LogP contribution in [0.4, 0.5) is 20.2 Å². The summed E-state index contributed by atoms with van der Waals surface area (Å²) in [5, 5.41) is 2.70. The molecule has 0 radical (unpaired) electrons. The first-order valence-electron chi connectivity index (χ1n) is 6.30. The van der Waals surface area contributed by atoms with Gasteiger partial charge in [-0.05, 0) is 31.2 Å². The van der Waals surface area contributed by atoms with Gasteiger partial charge < -0.3 is 15.8 Å². The van der Waals surface area contributed by atoms with E-state index in [0.717, 1.165) is 12.1 Å². The highest BCUT2D eigenvalue weighted by molar-refractivity contribution is 7.80. The third-order valence-corrected chi connectivity index (χ3v) is 3.01. The fourth-order valence-corrected chi connectivity index (χ4v) is 1.94. The standard InChI is InChI=1S/C15H14F2N2OS/c1-2-20-13-6-4-3-5-12(13)19-14-10(16)7-9(15(18)21)8-11(14)17/h3-8,19H,2H2,1H3,(H2,18,21). The summed E-state index contributed by atoms with van der Waals surface area (Å²) in [6.45, 7) is 2.28. The van der Waals surface area contributed by atoms with E-state index in [1.54, 1.807) is 24.3 Å². The molecule has 0 spiro atoms. The molecule has 2 rings (SSSR count). The van der Waals surface area contributed by atoms with Crippen LogP contribution >= 0.6 is 12.2 Å². The highest BCUT2D eigenvalue weighted by Gasteiger charge is 2.14. The van der Waals surface area contributed by atoms with Crippen LogP contribution in [-0.4, -0.2) is 11.6 Å². The predicted molar refractivity (Wildman–Crippen MR) is 83.1 cm³/mol. The monoisotopic (exact) mass is 308 g/mol. The third kappa shape index (κ3) is 3.46. The van der Waals surface area contributed by atoms with Crippen LogP contribution in [0.5, 0.6) is 5.75 Å². The van der Waals surface area contributed by atoms with Crippen LogP contribution in [0.3, 0.4) is 0 Å². The van der Waals surface area contributed by atoms with Gasteiger partial charge >= 0.3 is 0 Å². The molecule has 3 nitrogen and oxygen atoms in total. The van der Waals surface area contributed by atoms with Crippen molar-refractivity contribution in [1.29, 1.82) is 0 Å². The van der Waals surface area contributed by atoms with Crippen LogP contribution in [0.2, 0.25) is 0 Å². The van der Waals surface area contributed by atoms with E-state index in [2.05, 4.69) is 5.32 Å². The first-order chi connectivity index (χ1) is 10.0. The van der Waals surface area contributed by atoms with Gasteiger partial charge in [-0.1, -0.05) is 24.4 Å². The lowest BCUT2D eigenvalue weighted by atomic mass is 10.1. The summed E-state index contributed by atoms with van der Waals surface area (Å²) in [7, 11) is 0. The maximum Gasteiger partial charge on any atom is 0.150 e. The second-order valence-electron chi connectivity index (χ2n) is 4.23. The number of hydrogen-bond acceptors (Lipinski definition) is 3. The van der Waals surface area contributed by atoms with Crippen molar-refractivity contribution in [3.63, 3.8) is 0 Å². The molecule has 21 heavy (non-hydrogen) atoms. The Bertz CT molecular complexity index is 653. The Labute approximate surface area is 126 Å². The van der Waals surface area contributed by atoms with Crippen LogP contribution in [0.15, 0.2) is 36.4 Å². The topological polar surface area (TPSA) is 47.3 Å².